The molecular weight excluding hydrogens is 270 g/mol. The number of ether oxygens (including phenoxy) is 1. The largest absolute Gasteiger partial charge is 0.437 e. The van der Waals surface area contributed by atoms with Gasteiger partial charge in [-0.3, -0.25) is 10.1 Å². The predicted octanol–water partition coefficient (Wildman–Crippen LogP) is 3.45. The molecule has 1 aromatic heterocycles. The average Bonchev–Trinajstić information content (AvgIpc) is 2.47. The summed E-state index contributed by atoms with van der Waals surface area (Å²) in [5, 5.41) is 14.1. The van der Waals surface area contributed by atoms with Crippen LogP contribution in [0.5, 0.6) is 11.6 Å². The molecule has 0 saturated heterocycles. The van der Waals surface area contributed by atoms with E-state index in [0.29, 0.717) is 17.3 Å². The van der Waals surface area contributed by atoms with Crippen molar-refractivity contribution in [1.29, 1.82) is 0 Å². The van der Waals surface area contributed by atoms with Crippen LogP contribution in [0.1, 0.15) is 17.7 Å². The Labute approximate surface area is 121 Å². The molecule has 0 unspecified atom stereocenters. The van der Waals surface area contributed by atoms with Gasteiger partial charge in [0.1, 0.15) is 5.69 Å². The Balaban J connectivity index is 1.91. The van der Waals surface area contributed by atoms with Gasteiger partial charge in [0.25, 0.3) is 5.69 Å². The summed E-state index contributed by atoms with van der Waals surface area (Å²) >= 11 is 0. The topological polar surface area (TPSA) is 77.3 Å². The Bertz CT molecular complexity index is 701. The van der Waals surface area contributed by atoms with Crippen LogP contribution in [0.2, 0.25) is 0 Å². The summed E-state index contributed by atoms with van der Waals surface area (Å²) in [5.41, 5.74) is 2.55. The monoisotopic (exact) mass is 285 g/mol. The molecular formula is C15H15N3O3. The molecule has 6 nitrogen and oxygen atoms in total. The fourth-order valence-electron chi connectivity index (χ4n) is 2.46. The van der Waals surface area contributed by atoms with Crippen molar-refractivity contribution in [2.24, 2.45) is 0 Å². The smallest absolute Gasteiger partial charge is 0.290 e. The van der Waals surface area contributed by atoms with Gasteiger partial charge < -0.3 is 10.1 Å². The molecule has 0 spiro atoms. The van der Waals surface area contributed by atoms with Crippen LogP contribution in [-0.2, 0) is 6.42 Å². The van der Waals surface area contributed by atoms with E-state index < -0.39 is 4.92 Å². The van der Waals surface area contributed by atoms with Crippen LogP contribution in [0.4, 0.5) is 11.4 Å². The van der Waals surface area contributed by atoms with Gasteiger partial charge in [-0.25, -0.2) is 4.98 Å². The first-order valence-corrected chi connectivity index (χ1v) is 6.81. The van der Waals surface area contributed by atoms with Crippen LogP contribution in [-0.4, -0.2) is 16.5 Å². The van der Waals surface area contributed by atoms with Crippen molar-refractivity contribution in [3.63, 3.8) is 0 Å². The lowest BCUT2D eigenvalue weighted by atomic mass is 10.0. The van der Waals surface area contributed by atoms with Crippen molar-refractivity contribution in [2.45, 2.75) is 19.8 Å². The second kappa shape index (κ2) is 5.40. The summed E-state index contributed by atoms with van der Waals surface area (Å²) in [5.74, 6) is 1.06. The van der Waals surface area contributed by atoms with Crippen LogP contribution in [0, 0.1) is 17.0 Å². The third-order valence-corrected chi connectivity index (χ3v) is 3.48. The maximum absolute atomic E-state index is 10.8. The van der Waals surface area contributed by atoms with Crippen molar-refractivity contribution in [3.05, 3.63) is 51.7 Å². The van der Waals surface area contributed by atoms with Crippen molar-refractivity contribution in [2.75, 3.05) is 11.9 Å². The van der Waals surface area contributed by atoms with E-state index in [2.05, 4.69) is 16.4 Å². The summed E-state index contributed by atoms with van der Waals surface area (Å²) < 4.78 is 5.80. The number of hydrogen-bond acceptors (Lipinski definition) is 5. The van der Waals surface area contributed by atoms with E-state index in [4.69, 9.17) is 4.74 Å². The third-order valence-electron chi connectivity index (χ3n) is 3.48. The lowest BCUT2D eigenvalue weighted by molar-refractivity contribution is -0.385. The van der Waals surface area contributed by atoms with Crippen LogP contribution in [0.15, 0.2) is 30.3 Å². The molecule has 1 N–H and O–H groups in total. The number of fused-ring (bicyclic) bond motifs is 1. The highest BCUT2D eigenvalue weighted by Gasteiger charge is 2.16. The van der Waals surface area contributed by atoms with Crippen LogP contribution >= 0.6 is 0 Å². The highest BCUT2D eigenvalue weighted by atomic mass is 16.6. The average molecular weight is 285 g/mol. The quantitative estimate of drug-likeness (QED) is 0.690. The SMILES string of the molecule is Cc1nc(Oc2cccc3c2NCCC3)ccc1[N+](=O)[O-]. The lowest BCUT2D eigenvalue weighted by Gasteiger charge is -2.20. The molecule has 6 heteroatoms. The van der Waals surface area contributed by atoms with Gasteiger partial charge in [0.05, 0.1) is 10.6 Å². The number of aryl methyl sites for hydroxylation is 2. The molecule has 0 aliphatic carbocycles. The highest BCUT2D eigenvalue weighted by molar-refractivity contribution is 5.64. The Kier molecular flexibility index (Phi) is 3.43. The molecule has 2 heterocycles. The summed E-state index contributed by atoms with van der Waals surface area (Å²) in [6.45, 7) is 2.52. The van der Waals surface area contributed by atoms with Crippen molar-refractivity contribution in [1.82, 2.24) is 4.98 Å². The molecule has 0 atom stereocenters. The third kappa shape index (κ3) is 2.65. The number of pyridine rings is 1. The summed E-state index contributed by atoms with van der Waals surface area (Å²) in [6.07, 6.45) is 2.12. The molecule has 0 amide bonds. The zero-order valence-electron chi connectivity index (χ0n) is 11.6. The van der Waals surface area contributed by atoms with Gasteiger partial charge in [-0.05, 0) is 31.4 Å². The van der Waals surface area contributed by atoms with Gasteiger partial charge in [0.2, 0.25) is 5.88 Å². The van der Waals surface area contributed by atoms with E-state index in [1.54, 1.807) is 6.92 Å². The Morgan fingerprint density at radius 1 is 1.33 bits per heavy atom. The van der Waals surface area contributed by atoms with Gasteiger partial charge in [0.15, 0.2) is 5.75 Å². The number of rotatable bonds is 3. The van der Waals surface area contributed by atoms with Crippen LogP contribution in [0.3, 0.4) is 0 Å². The van der Waals surface area contributed by atoms with Crippen molar-refractivity contribution < 1.29 is 9.66 Å². The maximum Gasteiger partial charge on any atom is 0.290 e. The zero-order chi connectivity index (χ0) is 14.8. The lowest BCUT2D eigenvalue weighted by Crippen LogP contribution is -2.12. The molecule has 1 aliphatic heterocycles. The van der Waals surface area contributed by atoms with Crippen LogP contribution in [0.25, 0.3) is 0 Å². The number of para-hydroxylation sites is 1. The van der Waals surface area contributed by atoms with E-state index in [1.807, 2.05) is 12.1 Å². The minimum absolute atomic E-state index is 0.00411. The van der Waals surface area contributed by atoms with E-state index in [9.17, 15) is 10.1 Å². The molecule has 108 valence electrons. The minimum Gasteiger partial charge on any atom is -0.437 e. The maximum atomic E-state index is 10.8. The number of nitrogens with zero attached hydrogens (tertiary/aromatic N) is 2. The summed E-state index contributed by atoms with van der Waals surface area (Å²) in [7, 11) is 0. The first-order valence-electron chi connectivity index (χ1n) is 6.81. The summed E-state index contributed by atoms with van der Waals surface area (Å²) in [6, 6.07) is 8.83. The number of benzene rings is 1. The molecule has 3 rings (SSSR count). The molecule has 21 heavy (non-hydrogen) atoms. The molecule has 1 aromatic carbocycles. The van der Waals surface area contributed by atoms with E-state index in [-0.39, 0.29) is 5.69 Å². The number of nitrogens with one attached hydrogen (secondary N) is 1. The fraction of sp³-hybridized carbons (Fsp3) is 0.267. The molecule has 0 saturated carbocycles. The molecule has 0 fully saturated rings. The van der Waals surface area contributed by atoms with Gasteiger partial charge in [-0.15, -0.1) is 0 Å². The highest BCUT2D eigenvalue weighted by Crippen LogP contribution is 2.35. The van der Waals surface area contributed by atoms with Gasteiger partial charge >= 0.3 is 0 Å². The molecule has 2 aromatic rings. The standard InChI is InChI=1S/C15H15N3O3/c1-10-12(18(19)20)7-8-14(17-10)21-13-6-2-4-11-5-3-9-16-15(11)13/h2,4,6-8,16H,3,5,9H2,1H3. The van der Waals surface area contributed by atoms with Crippen LogP contribution < -0.4 is 10.1 Å². The molecule has 1 aliphatic rings. The number of nitro groups is 1. The van der Waals surface area contributed by atoms with E-state index in [0.717, 1.165) is 25.1 Å². The Hall–Kier alpha value is -2.63. The van der Waals surface area contributed by atoms with E-state index >= 15 is 0 Å². The first-order chi connectivity index (χ1) is 10.1. The van der Waals surface area contributed by atoms with Crippen molar-refractivity contribution in [3.8, 4) is 11.6 Å². The zero-order valence-corrected chi connectivity index (χ0v) is 11.6. The molecule has 0 bridgehead atoms. The van der Waals surface area contributed by atoms with Gasteiger partial charge in [-0.1, -0.05) is 12.1 Å². The number of anilines is 1. The molecule has 0 radical (unpaired) electrons. The van der Waals surface area contributed by atoms with Gasteiger partial charge in [-0.2, -0.15) is 0 Å². The minimum atomic E-state index is -0.446. The summed E-state index contributed by atoms with van der Waals surface area (Å²) in [4.78, 5) is 14.5. The Morgan fingerprint density at radius 2 is 2.19 bits per heavy atom. The fourth-order valence-corrected chi connectivity index (χ4v) is 2.46. The number of aromatic nitrogens is 1. The second-order valence-corrected chi connectivity index (χ2v) is 4.93. The van der Waals surface area contributed by atoms with Gasteiger partial charge in [0, 0.05) is 18.7 Å². The van der Waals surface area contributed by atoms with E-state index in [1.165, 1.54) is 17.7 Å². The predicted molar refractivity (Wildman–Crippen MR) is 79.0 cm³/mol. The first kappa shape index (κ1) is 13.4. The normalized spacial score (nSPS) is 13.2. The second-order valence-electron chi connectivity index (χ2n) is 4.93. The Morgan fingerprint density at radius 3 is 2.95 bits per heavy atom. The van der Waals surface area contributed by atoms with Crippen molar-refractivity contribution >= 4 is 11.4 Å². The number of hydrogen-bond donors (Lipinski definition) is 1.